The van der Waals surface area contributed by atoms with E-state index in [1.807, 2.05) is 4.90 Å². The van der Waals surface area contributed by atoms with Crippen molar-refractivity contribution < 1.29 is 4.79 Å². The number of amides is 1. The Kier molecular flexibility index (Phi) is 4.18. The Balaban J connectivity index is 1.86. The lowest BCUT2D eigenvalue weighted by Crippen LogP contribution is -2.27. The summed E-state index contributed by atoms with van der Waals surface area (Å²) in [7, 11) is 0. The van der Waals surface area contributed by atoms with Gasteiger partial charge >= 0.3 is 0 Å². The van der Waals surface area contributed by atoms with Gasteiger partial charge in [0.2, 0.25) is 5.91 Å². The van der Waals surface area contributed by atoms with Gasteiger partial charge in [0.1, 0.15) is 0 Å². The topological polar surface area (TPSA) is 20.3 Å². The highest BCUT2D eigenvalue weighted by Crippen LogP contribution is 2.12. The van der Waals surface area contributed by atoms with E-state index in [-0.39, 0.29) is 0 Å². The van der Waals surface area contributed by atoms with Gasteiger partial charge in [-0.3, -0.25) is 4.79 Å². The van der Waals surface area contributed by atoms with Gasteiger partial charge < -0.3 is 4.90 Å². The van der Waals surface area contributed by atoms with Gasteiger partial charge in [-0.25, -0.2) is 0 Å². The molecule has 0 aromatic heterocycles. The average Bonchev–Trinajstić information content (AvgIpc) is 2.90. The molecular formula is C15H21NO. The Bertz CT molecular complexity index is 380. The fourth-order valence-electron chi connectivity index (χ4n) is 2.38. The molecule has 17 heavy (non-hydrogen) atoms. The Morgan fingerprint density at radius 2 is 1.94 bits per heavy atom. The van der Waals surface area contributed by atoms with Gasteiger partial charge in [0.05, 0.1) is 0 Å². The van der Waals surface area contributed by atoms with Crippen LogP contribution in [0.5, 0.6) is 0 Å². The summed E-state index contributed by atoms with van der Waals surface area (Å²) in [6.07, 6.45) is 4.96. The van der Waals surface area contributed by atoms with E-state index in [1.165, 1.54) is 24.0 Å². The minimum absolute atomic E-state index is 0.324. The van der Waals surface area contributed by atoms with Crippen molar-refractivity contribution in [1.29, 1.82) is 0 Å². The first-order valence-electron chi connectivity index (χ1n) is 6.65. The standard InChI is InChI=1S/C15H21NO/c1-2-13-6-5-7-14(12-13)8-9-15(17)16-10-3-4-11-16/h5-7,12H,2-4,8-11H2,1H3. The van der Waals surface area contributed by atoms with Gasteiger partial charge in [0, 0.05) is 19.5 Å². The van der Waals surface area contributed by atoms with Crippen LogP contribution < -0.4 is 0 Å². The summed E-state index contributed by atoms with van der Waals surface area (Å²) in [6, 6.07) is 8.58. The normalized spacial score (nSPS) is 15.2. The molecule has 0 aliphatic carbocycles. The van der Waals surface area contributed by atoms with Crippen LogP contribution in [0.2, 0.25) is 0 Å². The molecule has 1 aromatic rings. The van der Waals surface area contributed by atoms with Crippen LogP contribution in [0.3, 0.4) is 0 Å². The second-order valence-electron chi connectivity index (χ2n) is 4.76. The van der Waals surface area contributed by atoms with Crippen molar-refractivity contribution in [3.05, 3.63) is 35.4 Å². The number of benzene rings is 1. The quantitative estimate of drug-likeness (QED) is 0.780. The number of hydrogen-bond donors (Lipinski definition) is 0. The molecule has 0 spiro atoms. The van der Waals surface area contributed by atoms with Gasteiger partial charge in [-0.05, 0) is 36.8 Å². The first-order chi connectivity index (χ1) is 8.29. The molecule has 0 unspecified atom stereocenters. The zero-order valence-corrected chi connectivity index (χ0v) is 10.6. The second kappa shape index (κ2) is 5.85. The molecule has 0 N–H and O–H groups in total. The first kappa shape index (κ1) is 12.2. The van der Waals surface area contributed by atoms with Crippen LogP contribution in [0.15, 0.2) is 24.3 Å². The van der Waals surface area contributed by atoms with Gasteiger partial charge in [-0.1, -0.05) is 31.2 Å². The summed E-state index contributed by atoms with van der Waals surface area (Å²) < 4.78 is 0. The maximum absolute atomic E-state index is 11.9. The number of carbonyl (C=O) groups is 1. The van der Waals surface area contributed by atoms with Crippen molar-refractivity contribution in [3.63, 3.8) is 0 Å². The molecule has 92 valence electrons. The third-order valence-corrected chi connectivity index (χ3v) is 3.49. The van der Waals surface area contributed by atoms with Crippen LogP contribution >= 0.6 is 0 Å². The summed E-state index contributed by atoms with van der Waals surface area (Å²) in [5.74, 6) is 0.324. The van der Waals surface area contributed by atoms with Gasteiger partial charge in [0.25, 0.3) is 0 Å². The monoisotopic (exact) mass is 231 g/mol. The number of carbonyl (C=O) groups excluding carboxylic acids is 1. The Hall–Kier alpha value is -1.31. The number of nitrogens with zero attached hydrogens (tertiary/aromatic N) is 1. The molecule has 0 saturated carbocycles. The second-order valence-corrected chi connectivity index (χ2v) is 4.76. The number of aryl methyl sites for hydroxylation is 2. The molecule has 0 radical (unpaired) electrons. The summed E-state index contributed by atoms with van der Waals surface area (Å²) in [5, 5.41) is 0. The van der Waals surface area contributed by atoms with E-state index < -0.39 is 0 Å². The summed E-state index contributed by atoms with van der Waals surface area (Å²) >= 11 is 0. The molecule has 2 nitrogen and oxygen atoms in total. The molecule has 1 saturated heterocycles. The minimum Gasteiger partial charge on any atom is -0.343 e. The van der Waals surface area contributed by atoms with E-state index in [2.05, 4.69) is 31.2 Å². The Morgan fingerprint density at radius 3 is 2.65 bits per heavy atom. The number of rotatable bonds is 4. The molecule has 1 aliphatic heterocycles. The molecule has 1 heterocycles. The zero-order valence-electron chi connectivity index (χ0n) is 10.6. The van der Waals surface area contributed by atoms with Crippen molar-refractivity contribution in [1.82, 2.24) is 4.90 Å². The maximum Gasteiger partial charge on any atom is 0.222 e. The molecule has 1 aromatic carbocycles. The third-order valence-electron chi connectivity index (χ3n) is 3.49. The molecule has 1 amide bonds. The van der Waals surface area contributed by atoms with Gasteiger partial charge in [0.15, 0.2) is 0 Å². The van der Waals surface area contributed by atoms with E-state index in [0.29, 0.717) is 12.3 Å². The van der Waals surface area contributed by atoms with E-state index >= 15 is 0 Å². The fourth-order valence-corrected chi connectivity index (χ4v) is 2.38. The van der Waals surface area contributed by atoms with Crippen LogP contribution in [0, 0.1) is 0 Å². The van der Waals surface area contributed by atoms with Crippen molar-refractivity contribution in [3.8, 4) is 0 Å². The molecule has 0 bridgehead atoms. The zero-order chi connectivity index (χ0) is 12.1. The highest BCUT2D eigenvalue weighted by molar-refractivity contribution is 5.76. The van der Waals surface area contributed by atoms with Gasteiger partial charge in [-0.15, -0.1) is 0 Å². The van der Waals surface area contributed by atoms with Crippen molar-refractivity contribution >= 4 is 5.91 Å². The SMILES string of the molecule is CCc1cccc(CCC(=O)N2CCCC2)c1. The Labute approximate surface area is 104 Å². The predicted octanol–water partition coefficient (Wildman–Crippen LogP) is 2.80. The summed E-state index contributed by atoms with van der Waals surface area (Å²) in [6.45, 7) is 4.09. The summed E-state index contributed by atoms with van der Waals surface area (Å²) in [4.78, 5) is 13.9. The molecule has 2 heteroatoms. The smallest absolute Gasteiger partial charge is 0.222 e. The fraction of sp³-hybridized carbons (Fsp3) is 0.533. The van der Waals surface area contributed by atoms with Crippen molar-refractivity contribution in [2.75, 3.05) is 13.1 Å². The largest absolute Gasteiger partial charge is 0.343 e. The van der Waals surface area contributed by atoms with Gasteiger partial charge in [-0.2, -0.15) is 0 Å². The van der Waals surface area contributed by atoms with Crippen molar-refractivity contribution in [2.45, 2.75) is 39.0 Å². The van der Waals surface area contributed by atoms with E-state index in [0.717, 1.165) is 25.9 Å². The van der Waals surface area contributed by atoms with E-state index in [1.54, 1.807) is 0 Å². The first-order valence-corrected chi connectivity index (χ1v) is 6.65. The molecule has 2 rings (SSSR count). The maximum atomic E-state index is 11.9. The van der Waals surface area contributed by atoms with Crippen LogP contribution in [0.1, 0.15) is 37.3 Å². The number of hydrogen-bond acceptors (Lipinski definition) is 1. The Morgan fingerprint density at radius 1 is 1.24 bits per heavy atom. The van der Waals surface area contributed by atoms with Crippen LogP contribution in [0.4, 0.5) is 0 Å². The lowest BCUT2D eigenvalue weighted by atomic mass is 10.0. The minimum atomic E-state index is 0.324. The van der Waals surface area contributed by atoms with Crippen LogP contribution in [-0.2, 0) is 17.6 Å². The van der Waals surface area contributed by atoms with E-state index in [9.17, 15) is 4.79 Å². The highest BCUT2D eigenvalue weighted by Gasteiger charge is 2.17. The predicted molar refractivity (Wildman–Crippen MR) is 70.0 cm³/mol. The molecule has 1 fully saturated rings. The lowest BCUT2D eigenvalue weighted by molar-refractivity contribution is -0.130. The third kappa shape index (κ3) is 3.32. The van der Waals surface area contributed by atoms with Crippen molar-refractivity contribution in [2.24, 2.45) is 0 Å². The van der Waals surface area contributed by atoms with Crippen LogP contribution in [0.25, 0.3) is 0 Å². The van der Waals surface area contributed by atoms with Crippen LogP contribution in [-0.4, -0.2) is 23.9 Å². The van der Waals surface area contributed by atoms with E-state index in [4.69, 9.17) is 0 Å². The summed E-state index contributed by atoms with van der Waals surface area (Å²) in [5.41, 5.74) is 2.65. The lowest BCUT2D eigenvalue weighted by Gasteiger charge is -2.15. The molecule has 0 atom stereocenters. The molecule has 1 aliphatic rings. The average molecular weight is 231 g/mol. The highest BCUT2D eigenvalue weighted by atomic mass is 16.2. The number of likely N-dealkylation sites (tertiary alicyclic amines) is 1. The molecular weight excluding hydrogens is 210 g/mol.